The molecule has 2 aliphatic rings. The number of dihydropyridines is 1. The normalized spacial score (nSPS) is 19.6. The lowest BCUT2D eigenvalue weighted by Crippen LogP contribution is -2.38. The van der Waals surface area contributed by atoms with Crippen LogP contribution in [-0.4, -0.2) is 39.7 Å². The second-order valence-corrected chi connectivity index (χ2v) is 9.38. The van der Waals surface area contributed by atoms with Gasteiger partial charge in [0.15, 0.2) is 17.3 Å². The van der Waals surface area contributed by atoms with Gasteiger partial charge >= 0.3 is 5.97 Å². The van der Waals surface area contributed by atoms with E-state index in [-0.39, 0.29) is 11.2 Å². The molecule has 0 spiro atoms. The van der Waals surface area contributed by atoms with Crippen LogP contribution in [0.25, 0.3) is 0 Å². The smallest absolute Gasteiger partial charge is 0.336 e. The van der Waals surface area contributed by atoms with Crippen LogP contribution in [0.5, 0.6) is 17.2 Å². The molecule has 0 saturated heterocycles. The molecule has 1 atom stereocenters. The van der Waals surface area contributed by atoms with Gasteiger partial charge in [-0.25, -0.2) is 4.79 Å². The number of carbonyl (C=O) groups is 2. The van der Waals surface area contributed by atoms with E-state index in [4.69, 9.17) is 18.9 Å². The quantitative estimate of drug-likeness (QED) is 0.449. The molecule has 0 bridgehead atoms. The average Bonchev–Trinajstić information content (AvgIpc) is 2.76. The molecule has 7 nitrogen and oxygen atoms in total. The number of benzene rings is 1. The van der Waals surface area contributed by atoms with Crippen LogP contribution in [0.2, 0.25) is 0 Å². The minimum absolute atomic E-state index is 0.0267. The van der Waals surface area contributed by atoms with Crippen molar-refractivity contribution in [2.45, 2.75) is 59.3 Å². The summed E-state index contributed by atoms with van der Waals surface area (Å²) < 4.78 is 22.2. The number of hydrogen-bond donors (Lipinski definition) is 1. The number of esters is 1. The SMILES string of the molecule is CCCCOC(=O)C1=C(C)NC2=C(C(=O)CC(C)(C)C2)[C@@H]1c1cc(OC)c(OC)c(OC)c1. The van der Waals surface area contributed by atoms with Crippen LogP contribution >= 0.6 is 0 Å². The maximum atomic E-state index is 13.4. The Morgan fingerprint density at radius 1 is 1.09 bits per heavy atom. The fraction of sp³-hybridized carbons (Fsp3) is 0.538. The van der Waals surface area contributed by atoms with Crippen LogP contribution < -0.4 is 19.5 Å². The van der Waals surface area contributed by atoms with Gasteiger partial charge in [0.05, 0.1) is 33.5 Å². The van der Waals surface area contributed by atoms with Crippen molar-refractivity contribution in [1.82, 2.24) is 5.32 Å². The van der Waals surface area contributed by atoms with Crippen molar-refractivity contribution < 1.29 is 28.5 Å². The van der Waals surface area contributed by atoms with Crippen molar-refractivity contribution in [3.8, 4) is 17.2 Å². The lowest BCUT2D eigenvalue weighted by Gasteiger charge is -2.39. The van der Waals surface area contributed by atoms with Gasteiger partial charge in [-0.05, 0) is 42.9 Å². The molecule has 180 valence electrons. The summed E-state index contributed by atoms with van der Waals surface area (Å²) in [4.78, 5) is 26.7. The van der Waals surface area contributed by atoms with Gasteiger partial charge in [0, 0.05) is 29.3 Å². The van der Waals surface area contributed by atoms with Crippen LogP contribution in [0, 0.1) is 5.41 Å². The molecule has 0 saturated carbocycles. The highest BCUT2D eigenvalue weighted by Crippen LogP contribution is 2.49. The summed E-state index contributed by atoms with van der Waals surface area (Å²) in [5.74, 6) is 0.402. The number of allylic oxidation sites excluding steroid dienone is 3. The monoisotopic (exact) mass is 457 g/mol. The van der Waals surface area contributed by atoms with Gasteiger partial charge < -0.3 is 24.3 Å². The van der Waals surface area contributed by atoms with Crippen LogP contribution in [-0.2, 0) is 14.3 Å². The van der Waals surface area contributed by atoms with Crippen molar-refractivity contribution in [3.05, 3.63) is 40.2 Å². The highest BCUT2D eigenvalue weighted by molar-refractivity contribution is 6.04. The van der Waals surface area contributed by atoms with E-state index < -0.39 is 11.9 Å². The second kappa shape index (κ2) is 9.89. The first kappa shape index (κ1) is 24.7. The molecule has 0 unspecified atom stereocenters. The molecule has 3 rings (SSSR count). The zero-order valence-electron chi connectivity index (χ0n) is 20.7. The number of nitrogens with one attached hydrogen (secondary N) is 1. The third kappa shape index (κ3) is 4.87. The summed E-state index contributed by atoms with van der Waals surface area (Å²) in [6, 6.07) is 3.61. The molecule has 0 amide bonds. The van der Waals surface area contributed by atoms with Gasteiger partial charge in [-0.2, -0.15) is 0 Å². The van der Waals surface area contributed by atoms with Gasteiger partial charge in [0.1, 0.15) is 0 Å². The van der Waals surface area contributed by atoms with E-state index in [9.17, 15) is 9.59 Å². The first-order valence-corrected chi connectivity index (χ1v) is 11.4. The maximum absolute atomic E-state index is 13.4. The summed E-state index contributed by atoms with van der Waals surface area (Å²) in [5.41, 5.74) is 3.15. The van der Waals surface area contributed by atoms with E-state index >= 15 is 0 Å². The lowest BCUT2D eigenvalue weighted by atomic mass is 9.68. The minimum atomic E-state index is -0.590. The Morgan fingerprint density at radius 2 is 1.73 bits per heavy atom. The van der Waals surface area contributed by atoms with Crippen LogP contribution in [0.3, 0.4) is 0 Å². The predicted molar refractivity (Wildman–Crippen MR) is 126 cm³/mol. The Labute approximate surface area is 196 Å². The molecule has 1 aliphatic heterocycles. The molecular weight excluding hydrogens is 422 g/mol. The molecule has 0 radical (unpaired) electrons. The number of rotatable bonds is 8. The summed E-state index contributed by atoms with van der Waals surface area (Å²) in [6.07, 6.45) is 2.82. The average molecular weight is 458 g/mol. The van der Waals surface area contributed by atoms with E-state index in [1.54, 1.807) is 21.3 Å². The summed E-state index contributed by atoms with van der Waals surface area (Å²) in [6.45, 7) is 8.40. The molecule has 7 heteroatoms. The first-order chi connectivity index (χ1) is 15.7. The van der Waals surface area contributed by atoms with Gasteiger partial charge in [0.2, 0.25) is 5.75 Å². The van der Waals surface area contributed by atoms with Crippen LogP contribution in [0.4, 0.5) is 0 Å². The molecular formula is C26H35NO6. The third-order valence-electron chi connectivity index (χ3n) is 6.21. The van der Waals surface area contributed by atoms with E-state index in [1.165, 1.54) is 0 Å². The van der Waals surface area contributed by atoms with E-state index in [2.05, 4.69) is 19.2 Å². The number of unbranched alkanes of at least 4 members (excludes halogenated alkanes) is 1. The first-order valence-electron chi connectivity index (χ1n) is 11.4. The Kier molecular flexibility index (Phi) is 7.40. The zero-order chi connectivity index (χ0) is 24.3. The number of ether oxygens (including phenoxy) is 4. The van der Waals surface area contributed by atoms with Crippen LogP contribution in [0.15, 0.2) is 34.7 Å². The summed E-state index contributed by atoms with van der Waals surface area (Å²) >= 11 is 0. The number of methoxy groups -OCH3 is 3. The number of hydrogen-bond acceptors (Lipinski definition) is 7. The molecule has 1 aliphatic carbocycles. The van der Waals surface area contributed by atoms with E-state index in [1.807, 2.05) is 26.0 Å². The topological polar surface area (TPSA) is 83.1 Å². The van der Waals surface area contributed by atoms with E-state index in [0.29, 0.717) is 59.1 Å². The zero-order valence-corrected chi connectivity index (χ0v) is 20.7. The number of carbonyl (C=O) groups excluding carboxylic acids is 2. The highest BCUT2D eigenvalue weighted by Gasteiger charge is 2.43. The fourth-order valence-corrected chi connectivity index (χ4v) is 4.69. The van der Waals surface area contributed by atoms with Crippen molar-refractivity contribution >= 4 is 11.8 Å². The van der Waals surface area contributed by atoms with Crippen molar-refractivity contribution in [2.75, 3.05) is 27.9 Å². The van der Waals surface area contributed by atoms with Crippen molar-refractivity contribution in [1.29, 1.82) is 0 Å². The molecule has 1 N–H and O–H groups in total. The molecule has 1 aromatic carbocycles. The summed E-state index contributed by atoms with van der Waals surface area (Å²) in [7, 11) is 4.63. The third-order valence-corrected chi connectivity index (χ3v) is 6.21. The summed E-state index contributed by atoms with van der Waals surface area (Å²) in [5, 5.41) is 3.36. The molecule has 1 heterocycles. The van der Waals surface area contributed by atoms with Crippen LogP contribution in [0.1, 0.15) is 64.9 Å². The maximum Gasteiger partial charge on any atom is 0.336 e. The minimum Gasteiger partial charge on any atom is -0.493 e. The molecule has 1 aromatic rings. The number of Topliss-reactive ketones (excluding diaryl/α,β-unsaturated/α-hetero) is 1. The van der Waals surface area contributed by atoms with Gasteiger partial charge in [-0.3, -0.25) is 4.79 Å². The number of ketones is 1. The molecule has 0 fully saturated rings. The highest BCUT2D eigenvalue weighted by atomic mass is 16.5. The van der Waals surface area contributed by atoms with Gasteiger partial charge in [0.25, 0.3) is 0 Å². The van der Waals surface area contributed by atoms with E-state index in [0.717, 1.165) is 18.5 Å². The van der Waals surface area contributed by atoms with Gasteiger partial charge in [-0.1, -0.05) is 27.2 Å². The Hall–Kier alpha value is -2.96. The fourth-order valence-electron chi connectivity index (χ4n) is 4.69. The van der Waals surface area contributed by atoms with Gasteiger partial charge in [-0.15, -0.1) is 0 Å². The Balaban J connectivity index is 2.21. The predicted octanol–water partition coefficient (Wildman–Crippen LogP) is 4.66. The Bertz CT molecular complexity index is 979. The lowest BCUT2D eigenvalue weighted by molar-refractivity contribution is -0.139. The van der Waals surface area contributed by atoms with Crippen molar-refractivity contribution in [3.63, 3.8) is 0 Å². The van der Waals surface area contributed by atoms with Crippen molar-refractivity contribution in [2.24, 2.45) is 5.41 Å². The standard InChI is InChI=1S/C26H35NO6/c1-8-9-10-33-25(29)21-15(2)27-17-13-26(3,4)14-18(28)23(17)22(21)16-11-19(30-5)24(32-7)20(12-16)31-6/h11-12,22,27H,8-10,13-14H2,1-7H3/t22-/m1/s1. The molecule has 0 aromatic heterocycles. The largest absolute Gasteiger partial charge is 0.493 e. The second-order valence-electron chi connectivity index (χ2n) is 9.38. The Morgan fingerprint density at radius 3 is 2.27 bits per heavy atom. The molecule has 33 heavy (non-hydrogen) atoms.